The van der Waals surface area contributed by atoms with Gasteiger partial charge in [0.1, 0.15) is 0 Å². The number of aromatic nitrogens is 2. The lowest BCUT2D eigenvalue weighted by Gasteiger charge is -2.24. The lowest BCUT2D eigenvalue weighted by molar-refractivity contribution is -0.137. The number of alkyl halides is 3. The van der Waals surface area contributed by atoms with Crippen LogP contribution >= 0.6 is 0 Å². The minimum Gasteiger partial charge on any atom is -0.344 e. The molecule has 2 heterocycles. The number of carbonyl (C=O) groups is 1. The smallest absolute Gasteiger partial charge is 0.344 e. The number of aromatic amines is 1. The van der Waals surface area contributed by atoms with Gasteiger partial charge in [0.15, 0.2) is 5.69 Å². The molecular weight excluding hydrogens is 345 g/mol. The Labute approximate surface area is 149 Å². The Morgan fingerprint density at radius 3 is 2.77 bits per heavy atom. The lowest BCUT2D eigenvalue weighted by Crippen LogP contribution is -2.33. The highest BCUT2D eigenvalue weighted by Crippen LogP contribution is 2.32. The molecule has 3 N–H and O–H groups in total. The molecule has 0 saturated heterocycles. The van der Waals surface area contributed by atoms with Crippen LogP contribution in [0, 0.1) is 5.92 Å². The van der Waals surface area contributed by atoms with Gasteiger partial charge in [0.2, 0.25) is 0 Å². The number of carbonyl (C=O) groups excluding carboxylic acids is 1. The summed E-state index contributed by atoms with van der Waals surface area (Å²) in [7, 11) is 0. The Hall–Kier alpha value is -2.35. The molecule has 1 aliphatic rings. The van der Waals surface area contributed by atoms with E-state index in [0.29, 0.717) is 17.8 Å². The highest BCUT2D eigenvalue weighted by Gasteiger charge is 2.32. The molecule has 8 heteroatoms. The maximum absolute atomic E-state index is 13.0. The van der Waals surface area contributed by atoms with Crippen LogP contribution in [0.2, 0.25) is 0 Å². The van der Waals surface area contributed by atoms with Gasteiger partial charge >= 0.3 is 6.18 Å². The minimum atomic E-state index is -4.42. The first-order valence-electron chi connectivity index (χ1n) is 8.52. The van der Waals surface area contributed by atoms with Crippen LogP contribution in [-0.4, -0.2) is 22.6 Å². The molecule has 140 valence electrons. The molecule has 1 aromatic heterocycles. The first-order chi connectivity index (χ1) is 12.3. The molecule has 26 heavy (non-hydrogen) atoms. The van der Waals surface area contributed by atoms with E-state index in [-0.39, 0.29) is 11.8 Å². The molecule has 1 aliphatic heterocycles. The number of nitrogens with one attached hydrogen (secondary N) is 3. The number of hydrogen-bond acceptors (Lipinski definition) is 3. The van der Waals surface area contributed by atoms with Gasteiger partial charge in [-0.3, -0.25) is 9.89 Å². The van der Waals surface area contributed by atoms with Crippen LogP contribution in [-0.2, 0) is 19.1 Å². The third kappa shape index (κ3) is 3.75. The summed E-state index contributed by atoms with van der Waals surface area (Å²) in [5.74, 6) is -0.474. The van der Waals surface area contributed by atoms with Gasteiger partial charge in [-0.25, -0.2) is 0 Å². The molecule has 0 radical (unpaired) electrons. The Kier molecular flexibility index (Phi) is 5.04. The normalized spacial score (nSPS) is 15.6. The van der Waals surface area contributed by atoms with Crippen LogP contribution in [0.4, 0.5) is 13.2 Å². The fourth-order valence-electron chi connectivity index (χ4n) is 3.17. The third-order valence-electron chi connectivity index (χ3n) is 4.55. The van der Waals surface area contributed by atoms with Crippen molar-refractivity contribution in [1.29, 1.82) is 0 Å². The second-order valence-electron chi connectivity index (χ2n) is 6.77. The molecular formula is C18H21F3N4O. The molecule has 3 rings (SSSR count). The van der Waals surface area contributed by atoms with Crippen molar-refractivity contribution in [3.63, 3.8) is 0 Å². The van der Waals surface area contributed by atoms with Crippen LogP contribution in [0.1, 0.15) is 52.8 Å². The first kappa shape index (κ1) is 18.4. The van der Waals surface area contributed by atoms with E-state index in [1.165, 1.54) is 6.07 Å². The quantitative estimate of drug-likeness (QED) is 0.778. The van der Waals surface area contributed by atoms with Crippen LogP contribution in [0.5, 0.6) is 0 Å². The van der Waals surface area contributed by atoms with Crippen LogP contribution in [0.3, 0.4) is 0 Å². The van der Waals surface area contributed by atoms with Crippen molar-refractivity contribution in [2.24, 2.45) is 5.92 Å². The maximum Gasteiger partial charge on any atom is 0.416 e. The van der Waals surface area contributed by atoms with Gasteiger partial charge in [0.25, 0.3) is 5.91 Å². The highest BCUT2D eigenvalue weighted by molar-refractivity contribution is 5.94. The summed E-state index contributed by atoms with van der Waals surface area (Å²) in [4.78, 5) is 12.7. The predicted molar refractivity (Wildman–Crippen MR) is 90.5 cm³/mol. The Morgan fingerprint density at radius 2 is 2.08 bits per heavy atom. The minimum absolute atomic E-state index is 0.0877. The van der Waals surface area contributed by atoms with E-state index in [1.54, 1.807) is 6.07 Å². The second kappa shape index (κ2) is 7.11. The third-order valence-corrected chi connectivity index (χ3v) is 4.55. The molecule has 0 aliphatic carbocycles. The van der Waals surface area contributed by atoms with Crippen molar-refractivity contribution in [3.05, 3.63) is 52.3 Å². The Bertz CT molecular complexity index is 798. The number of halogens is 3. The number of hydrogen-bond donors (Lipinski definition) is 3. The average Bonchev–Trinajstić information content (AvgIpc) is 3.03. The molecule has 5 nitrogen and oxygen atoms in total. The van der Waals surface area contributed by atoms with E-state index in [4.69, 9.17) is 0 Å². The topological polar surface area (TPSA) is 69.8 Å². The molecule has 1 atom stereocenters. The van der Waals surface area contributed by atoms with Crippen LogP contribution < -0.4 is 10.6 Å². The summed E-state index contributed by atoms with van der Waals surface area (Å²) < 4.78 is 39.0. The van der Waals surface area contributed by atoms with Crippen molar-refractivity contribution in [1.82, 2.24) is 20.8 Å². The monoisotopic (exact) mass is 366 g/mol. The summed E-state index contributed by atoms with van der Waals surface area (Å²) in [6.07, 6.45) is -3.66. The molecule has 0 saturated carbocycles. The second-order valence-corrected chi connectivity index (χ2v) is 6.77. The van der Waals surface area contributed by atoms with E-state index >= 15 is 0 Å². The van der Waals surface area contributed by atoms with Crippen LogP contribution in [0.15, 0.2) is 24.3 Å². The SMILES string of the molecule is CC(C)C(NC(=O)c1n[nH]c2c1CNCC2)c1cccc(C(F)(F)F)c1. The first-order valence-corrected chi connectivity index (χ1v) is 8.52. The molecule has 1 unspecified atom stereocenters. The molecule has 0 spiro atoms. The van der Waals surface area contributed by atoms with Crippen molar-refractivity contribution in [3.8, 4) is 0 Å². The number of rotatable bonds is 4. The summed E-state index contributed by atoms with van der Waals surface area (Å²) in [5, 5.41) is 13.0. The van der Waals surface area contributed by atoms with Gasteiger partial charge in [-0.05, 0) is 23.6 Å². The summed E-state index contributed by atoms with van der Waals surface area (Å²) >= 11 is 0. The fraction of sp³-hybridized carbons (Fsp3) is 0.444. The van der Waals surface area contributed by atoms with E-state index in [0.717, 1.165) is 36.4 Å². The van der Waals surface area contributed by atoms with E-state index in [2.05, 4.69) is 20.8 Å². The summed E-state index contributed by atoms with van der Waals surface area (Å²) in [6, 6.07) is 4.53. The van der Waals surface area contributed by atoms with E-state index in [9.17, 15) is 18.0 Å². The Morgan fingerprint density at radius 1 is 1.31 bits per heavy atom. The lowest BCUT2D eigenvalue weighted by atomic mass is 9.94. The number of H-pyrrole nitrogens is 1. The Balaban J connectivity index is 1.86. The van der Waals surface area contributed by atoms with Gasteiger partial charge < -0.3 is 10.6 Å². The van der Waals surface area contributed by atoms with Crippen LogP contribution in [0.25, 0.3) is 0 Å². The number of amides is 1. The fourth-order valence-corrected chi connectivity index (χ4v) is 3.17. The zero-order valence-electron chi connectivity index (χ0n) is 14.6. The number of fused-ring (bicyclic) bond motifs is 1. The summed E-state index contributed by atoms with van der Waals surface area (Å²) in [6.45, 7) is 5.07. The highest BCUT2D eigenvalue weighted by atomic mass is 19.4. The molecule has 0 fully saturated rings. The summed E-state index contributed by atoms with van der Waals surface area (Å²) in [5.41, 5.74) is 1.74. The molecule has 1 aromatic carbocycles. The van der Waals surface area contributed by atoms with Gasteiger partial charge in [-0.2, -0.15) is 18.3 Å². The number of benzene rings is 1. The zero-order valence-corrected chi connectivity index (χ0v) is 14.6. The molecule has 0 bridgehead atoms. The number of nitrogens with zero attached hydrogens (tertiary/aromatic N) is 1. The van der Waals surface area contributed by atoms with E-state index < -0.39 is 17.8 Å². The van der Waals surface area contributed by atoms with Crippen molar-refractivity contribution >= 4 is 5.91 Å². The van der Waals surface area contributed by atoms with E-state index in [1.807, 2.05) is 13.8 Å². The van der Waals surface area contributed by atoms with Gasteiger partial charge in [-0.15, -0.1) is 0 Å². The van der Waals surface area contributed by atoms with Crippen molar-refractivity contribution < 1.29 is 18.0 Å². The standard InChI is InChI=1S/C18H21F3N4O/c1-10(2)15(11-4-3-5-12(8-11)18(19,20)21)23-17(26)16-13-9-22-7-6-14(13)24-25-16/h3-5,8,10,15,22H,6-7,9H2,1-2H3,(H,23,26)(H,24,25). The molecule has 1 amide bonds. The molecule has 2 aromatic rings. The largest absolute Gasteiger partial charge is 0.416 e. The average molecular weight is 366 g/mol. The van der Waals surface area contributed by atoms with Gasteiger partial charge in [0.05, 0.1) is 11.6 Å². The van der Waals surface area contributed by atoms with Gasteiger partial charge in [-0.1, -0.05) is 26.0 Å². The maximum atomic E-state index is 13.0. The van der Waals surface area contributed by atoms with Crippen molar-refractivity contribution in [2.75, 3.05) is 6.54 Å². The predicted octanol–water partition coefficient (Wildman–Crippen LogP) is 3.20. The van der Waals surface area contributed by atoms with Gasteiger partial charge in [0, 0.05) is 30.8 Å². The van der Waals surface area contributed by atoms with Crippen molar-refractivity contribution in [2.45, 2.75) is 39.0 Å². The zero-order chi connectivity index (χ0) is 18.9.